The number of carbonyl (C=O) groups excluding carboxylic acids is 1. The van der Waals surface area contributed by atoms with E-state index in [0.29, 0.717) is 25.5 Å². The summed E-state index contributed by atoms with van der Waals surface area (Å²) < 4.78 is 10.2. The Kier molecular flexibility index (Phi) is 5.25. The van der Waals surface area contributed by atoms with E-state index in [2.05, 4.69) is 15.5 Å². The van der Waals surface area contributed by atoms with Crippen molar-refractivity contribution in [2.24, 2.45) is 0 Å². The molecule has 0 fully saturated rings. The second-order valence-corrected chi connectivity index (χ2v) is 4.27. The fourth-order valence-electron chi connectivity index (χ4n) is 1.68. The van der Waals surface area contributed by atoms with E-state index in [1.54, 1.807) is 7.11 Å². The monoisotopic (exact) mass is 275 g/mol. The van der Waals surface area contributed by atoms with Crippen LogP contribution in [0.1, 0.15) is 28.6 Å². The quantitative estimate of drug-likeness (QED) is 0.773. The molecule has 0 saturated carbocycles. The lowest BCUT2D eigenvalue weighted by atomic mass is 10.2. The molecule has 0 aliphatic heterocycles. The highest BCUT2D eigenvalue weighted by atomic mass is 16.5. The molecule has 1 heterocycles. The minimum atomic E-state index is -0.354. The third-order valence-corrected chi connectivity index (χ3v) is 2.67. The molecule has 0 atom stereocenters. The number of ether oxygens (including phenoxy) is 1. The smallest absolute Gasteiger partial charge is 0.308 e. The second-order valence-electron chi connectivity index (χ2n) is 4.27. The summed E-state index contributed by atoms with van der Waals surface area (Å²) in [7, 11) is 1.62. The lowest BCUT2D eigenvalue weighted by Crippen LogP contribution is -2.25. The van der Waals surface area contributed by atoms with E-state index in [1.807, 2.05) is 30.3 Å². The Morgan fingerprint density at radius 1 is 1.30 bits per heavy atom. The summed E-state index contributed by atoms with van der Waals surface area (Å²) in [6.45, 7) is 1.12. The van der Waals surface area contributed by atoms with Crippen molar-refractivity contribution in [1.82, 2.24) is 15.5 Å². The lowest BCUT2D eigenvalue weighted by molar-refractivity contribution is 0.0912. The number of benzene rings is 1. The summed E-state index contributed by atoms with van der Waals surface area (Å²) in [4.78, 5) is 11.7. The average Bonchev–Trinajstić information content (AvgIpc) is 2.93. The number of amides is 1. The number of carbonyl (C=O) groups is 1. The lowest BCUT2D eigenvalue weighted by Gasteiger charge is -2.00. The third kappa shape index (κ3) is 4.17. The van der Waals surface area contributed by atoms with Gasteiger partial charge in [0.05, 0.1) is 6.42 Å². The van der Waals surface area contributed by atoms with Gasteiger partial charge in [0.25, 0.3) is 0 Å². The van der Waals surface area contributed by atoms with E-state index in [4.69, 9.17) is 9.15 Å². The van der Waals surface area contributed by atoms with Crippen molar-refractivity contribution in [3.63, 3.8) is 0 Å². The zero-order chi connectivity index (χ0) is 14.2. The Labute approximate surface area is 117 Å². The van der Waals surface area contributed by atoms with E-state index in [0.717, 1.165) is 12.0 Å². The van der Waals surface area contributed by atoms with E-state index < -0.39 is 0 Å². The zero-order valence-corrected chi connectivity index (χ0v) is 11.3. The van der Waals surface area contributed by atoms with E-state index in [9.17, 15) is 4.79 Å². The molecule has 0 aliphatic rings. The molecule has 6 nitrogen and oxygen atoms in total. The number of nitrogens with one attached hydrogen (secondary N) is 1. The molecule has 0 aliphatic carbocycles. The Hall–Kier alpha value is -2.21. The van der Waals surface area contributed by atoms with Crippen LogP contribution in [-0.4, -0.2) is 36.4 Å². The van der Waals surface area contributed by atoms with Crippen LogP contribution in [0.2, 0.25) is 0 Å². The van der Waals surface area contributed by atoms with Gasteiger partial charge in [-0.05, 0) is 12.0 Å². The van der Waals surface area contributed by atoms with Gasteiger partial charge in [-0.3, -0.25) is 4.79 Å². The highest BCUT2D eigenvalue weighted by Gasteiger charge is 2.14. The van der Waals surface area contributed by atoms with Crippen LogP contribution in [0.4, 0.5) is 0 Å². The highest BCUT2D eigenvalue weighted by molar-refractivity contribution is 5.89. The summed E-state index contributed by atoms with van der Waals surface area (Å²) in [5, 5.41) is 10.3. The molecule has 2 aromatic rings. The van der Waals surface area contributed by atoms with Gasteiger partial charge in [-0.2, -0.15) is 0 Å². The van der Waals surface area contributed by atoms with Gasteiger partial charge in [-0.25, -0.2) is 0 Å². The average molecular weight is 275 g/mol. The molecule has 0 radical (unpaired) electrons. The van der Waals surface area contributed by atoms with Crippen LogP contribution in [0.15, 0.2) is 34.7 Å². The van der Waals surface area contributed by atoms with Crippen LogP contribution in [0.3, 0.4) is 0 Å². The minimum Gasteiger partial charge on any atom is -0.417 e. The van der Waals surface area contributed by atoms with E-state index >= 15 is 0 Å². The first-order chi connectivity index (χ1) is 9.79. The predicted octanol–water partition coefficient (Wildman–Crippen LogP) is 1.43. The number of aromatic nitrogens is 2. The molecule has 1 aromatic carbocycles. The van der Waals surface area contributed by atoms with Gasteiger partial charge >= 0.3 is 11.8 Å². The Morgan fingerprint density at radius 2 is 2.10 bits per heavy atom. The molecule has 20 heavy (non-hydrogen) atoms. The molecular formula is C14H17N3O3. The van der Waals surface area contributed by atoms with Gasteiger partial charge in [-0.1, -0.05) is 30.3 Å². The molecule has 0 unspecified atom stereocenters. The molecule has 106 valence electrons. The summed E-state index contributed by atoms with van der Waals surface area (Å²) in [6.07, 6.45) is 1.26. The summed E-state index contributed by atoms with van der Waals surface area (Å²) in [5.74, 6) is 0.0690. The van der Waals surface area contributed by atoms with Crippen LogP contribution >= 0.6 is 0 Å². The molecule has 6 heteroatoms. The predicted molar refractivity (Wildman–Crippen MR) is 72.4 cm³/mol. The molecule has 0 bridgehead atoms. The normalized spacial score (nSPS) is 10.4. The molecule has 1 aromatic heterocycles. The van der Waals surface area contributed by atoms with Crippen LogP contribution in [0.25, 0.3) is 0 Å². The number of hydrogen-bond donors (Lipinski definition) is 1. The Balaban J connectivity index is 1.87. The van der Waals surface area contributed by atoms with Gasteiger partial charge in [0.2, 0.25) is 5.89 Å². The van der Waals surface area contributed by atoms with Gasteiger partial charge in [-0.15, -0.1) is 10.2 Å². The molecular weight excluding hydrogens is 258 g/mol. The number of methoxy groups -OCH3 is 1. The highest BCUT2D eigenvalue weighted by Crippen LogP contribution is 2.08. The van der Waals surface area contributed by atoms with Crippen LogP contribution in [-0.2, 0) is 11.2 Å². The van der Waals surface area contributed by atoms with Crippen molar-refractivity contribution in [1.29, 1.82) is 0 Å². The van der Waals surface area contributed by atoms with Crippen LogP contribution in [0.5, 0.6) is 0 Å². The summed E-state index contributed by atoms with van der Waals surface area (Å²) in [6, 6.07) is 9.75. The number of rotatable bonds is 7. The van der Waals surface area contributed by atoms with Gasteiger partial charge in [0.1, 0.15) is 0 Å². The maximum Gasteiger partial charge on any atom is 0.308 e. The third-order valence-electron chi connectivity index (χ3n) is 2.67. The Bertz CT molecular complexity index is 540. The van der Waals surface area contributed by atoms with Crippen molar-refractivity contribution < 1.29 is 13.9 Å². The first-order valence-electron chi connectivity index (χ1n) is 6.43. The zero-order valence-electron chi connectivity index (χ0n) is 11.3. The van der Waals surface area contributed by atoms with Crippen molar-refractivity contribution in [3.8, 4) is 0 Å². The molecule has 0 saturated heterocycles. The largest absolute Gasteiger partial charge is 0.417 e. The standard InChI is InChI=1S/C14H17N3O3/c1-19-9-5-8-15-13(18)14-17-16-12(20-14)10-11-6-3-2-4-7-11/h2-4,6-7H,5,8-10H2,1H3,(H,15,18). The SMILES string of the molecule is COCCCNC(=O)c1nnc(Cc2ccccc2)o1. The Morgan fingerprint density at radius 3 is 2.85 bits per heavy atom. The topological polar surface area (TPSA) is 77.2 Å². The van der Waals surface area contributed by atoms with E-state index in [1.165, 1.54) is 0 Å². The van der Waals surface area contributed by atoms with Crippen molar-refractivity contribution >= 4 is 5.91 Å². The maximum atomic E-state index is 11.7. The first kappa shape index (κ1) is 14.2. The van der Waals surface area contributed by atoms with Crippen molar-refractivity contribution in [2.45, 2.75) is 12.8 Å². The molecule has 0 spiro atoms. The molecule has 1 amide bonds. The van der Waals surface area contributed by atoms with Gasteiger partial charge in [0.15, 0.2) is 0 Å². The minimum absolute atomic E-state index is 0.00616. The summed E-state index contributed by atoms with van der Waals surface area (Å²) >= 11 is 0. The van der Waals surface area contributed by atoms with Crippen molar-refractivity contribution in [3.05, 3.63) is 47.7 Å². The van der Waals surface area contributed by atoms with Gasteiger partial charge in [0, 0.05) is 20.3 Å². The van der Waals surface area contributed by atoms with Crippen LogP contribution < -0.4 is 5.32 Å². The van der Waals surface area contributed by atoms with Crippen molar-refractivity contribution in [2.75, 3.05) is 20.3 Å². The van der Waals surface area contributed by atoms with E-state index in [-0.39, 0.29) is 11.8 Å². The molecule has 1 N–H and O–H groups in total. The fraction of sp³-hybridized carbons (Fsp3) is 0.357. The molecule has 2 rings (SSSR count). The maximum absolute atomic E-state index is 11.7. The number of nitrogens with zero attached hydrogens (tertiary/aromatic N) is 2. The first-order valence-corrected chi connectivity index (χ1v) is 6.43. The fourth-order valence-corrected chi connectivity index (χ4v) is 1.68. The van der Waals surface area contributed by atoms with Gasteiger partial charge < -0.3 is 14.5 Å². The van der Waals surface area contributed by atoms with Crippen LogP contribution in [0, 0.1) is 0 Å². The summed E-state index contributed by atoms with van der Waals surface area (Å²) in [5.41, 5.74) is 1.06. The second kappa shape index (κ2) is 7.40. The number of hydrogen-bond acceptors (Lipinski definition) is 5.